The lowest BCUT2D eigenvalue weighted by molar-refractivity contribution is -0.141. The number of nitrogens with zero attached hydrogens (tertiary/aromatic N) is 3. The fourth-order valence-corrected chi connectivity index (χ4v) is 4.73. The van der Waals surface area contributed by atoms with Gasteiger partial charge >= 0.3 is 6.18 Å². The molecule has 0 radical (unpaired) electrons. The van der Waals surface area contributed by atoms with Gasteiger partial charge in [0, 0.05) is 31.1 Å². The summed E-state index contributed by atoms with van der Waals surface area (Å²) in [5, 5.41) is 6.01. The van der Waals surface area contributed by atoms with E-state index in [9.17, 15) is 17.6 Å². The van der Waals surface area contributed by atoms with E-state index in [0.29, 0.717) is 19.6 Å². The van der Waals surface area contributed by atoms with Crippen molar-refractivity contribution in [3.63, 3.8) is 0 Å². The van der Waals surface area contributed by atoms with Gasteiger partial charge in [0.05, 0.1) is 0 Å². The first-order valence-corrected chi connectivity index (χ1v) is 11.2. The normalized spacial score (nSPS) is 18.1. The van der Waals surface area contributed by atoms with Gasteiger partial charge in [-0.25, -0.2) is 9.37 Å². The minimum atomic E-state index is -4.58. The molecule has 172 valence electrons. The molecule has 0 amide bonds. The van der Waals surface area contributed by atoms with E-state index in [4.69, 9.17) is 12.2 Å². The maximum Gasteiger partial charge on any atom is 0.433 e. The van der Waals surface area contributed by atoms with Crippen molar-refractivity contribution in [2.24, 2.45) is 0 Å². The quantitative estimate of drug-likeness (QED) is 0.475. The zero-order valence-electron chi connectivity index (χ0n) is 17.5. The van der Waals surface area contributed by atoms with Gasteiger partial charge in [-0.15, -0.1) is 0 Å². The fourth-order valence-electron chi connectivity index (χ4n) is 4.56. The molecule has 1 aliphatic heterocycles. The second-order valence-electron chi connectivity index (χ2n) is 8.43. The van der Waals surface area contributed by atoms with Gasteiger partial charge in [-0.1, -0.05) is 25.0 Å². The van der Waals surface area contributed by atoms with Gasteiger partial charge in [-0.3, -0.25) is 0 Å². The average molecular weight is 468 g/mol. The zero-order valence-corrected chi connectivity index (χ0v) is 18.3. The summed E-state index contributed by atoms with van der Waals surface area (Å²) in [4.78, 5) is 9.73. The number of alkyl halides is 3. The first kappa shape index (κ1) is 22.7. The van der Waals surface area contributed by atoms with Crippen LogP contribution in [0.5, 0.6) is 0 Å². The molecule has 1 aromatic carbocycles. The second-order valence-corrected chi connectivity index (χ2v) is 8.84. The van der Waals surface area contributed by atoms with E-state index in [2.05, 4.69) is 20.6 Å². The van der Waals surface area contributed by atoms with E-state index in [0.717, 1.165) is 50.2 Å². The number of halogens is 4. The topological polar surface area (TPSA) is 53.1 Å². The van der Waals surface area contributed by atoms with Crippen molar-refractivity contribution in [1.29, 1.82) is 0 Å². The lowest BCUT2D eigenvalue weighted by atomic mass is 9.79. The zero-order chi connectivity index (χ0) is 22.8. The Labute approximate surface area is 189 Å². The molecule has 1 aromatic heterocycles. The Balaban J connectivity index is 1.48. The van der Waals surface area contributed by atoms with Crippen LogP contribution in [0.2, 0.25) is 0 Å². The van der Waals surface area contributed by atoms with Gasteiger partial charge in [-0.2, -0.15) is 18.2 Å². The highest BCUT2D eigenvalue weighted by Crippen LogP contribution is 2.40. The minimum Gasteiger partial charge on any atom is -0.361 e. The summed E-state index contributed by atoms with van der Waals surface area (Å²) in [5.41, 5.74) is -0.175. The fraction of sp³-hybridized carbons (Fsp3) is 0.500. The van der Waals surface area contributed by atoms with Crippen molar-refractivity contribution < 1.29 is 17.6 Å². The van der Waals surface area contributed by atoms with Crippen molar-refractivity contribution in [1.82, 2.24) is 15.3 Å². The number of thiocarbonyl (C=S) groups is 1. The van der Waals surface area contributed by atoms with Crippen LogP contribution in [0, 0.1) is 5.82 Å². The number of nitrogens with one attached hydrogen (secondary N) is 2. The Bertz CT molecular complexity index is 952. The highest BCUT2D eigenvalue weighted by Gasteiger charge is 2.36. The van der Waals surface area contributed by atoms with Gasteiger partial charge < -0.3 is 15.5 Å². The molecule has 2 aliphatic rings. The van der Waals surface area contributed by atoms with E-state index < -0.39 is 11.9 Å². The van der Waals surface area contributed by atoms with Gasteiger partial charge in [0.25, 0.3) is 0 Å². The van der Waals surface area contributed by atoms with Crippen LogP contribution < -0.4 is 15.5 Å². The summed E-state index contributed by atoms with van der Waals surface area (Å²) in [7, 11) is 0. The van der Waals surface area contributed by atoms with Gasteiger partial charge in [0.1, 0.15) is 11.6 Å². The summed E-state index contributed by atoms with van der Waals surface area (Å²) in [6, 6.07) is 7.45. The van der Waals surface area contributed by atoms with E-state index in [1.54, 1.807) is 12.1 Å². The molecular formula is C22H25F4N5S. The smallest absolute Gasteiger partial charge is 0.361 e. The van der Waals surface area contributed by atoms with Crippen LogP contribution in [0.4, 0.5) is 29.3 Å². The average Bonchev–Trinajstić information content (AvgIpc) is 3.45. The molecule has 0 unspecified atom stereocenters. The molecule has 1 aliphatic carbocycles. The summed E-state index contributed by atoms with van der Waals surface area (Å²) < 4.78 is 53.5. The molecule has 0 bridgehead atoms. The number of hydrogen-bond acceptors (Lipinski definition) is 4. The molecule has 2 N–H and O–H groups in total. The molecule has 2 aromatic rings. The maximum atomic E-state index is 13.4. The molecule has 2 fully saturated rings. The summed E-state index contributed by atoms with van der Waals surface area (Å²) in [5.74, 6) is -0.224. The largest absolute Gasteiger partial charge is 0.433 e. The lowest BCUT2D eigenvalue weighted by Gasteiger charge is -2.30. The van der Waals surface area contributed by atoms with Gasteiger partial charge in [0.2, 0.25) is 5.95 Å². The first-order valence-electron chi connectivity index (χ1n) is 10.8. The highest BCUT2D eigenvalue weighted by atomic mass is 32.1. The highest BCUT2D eigenvalue weighted by molar-refractivity contribution is 7.80. The number of hydrogen-bond donors (Lipinski definition) is 2. The van der Waals surface area contributed by atoms with Crippen LogP contribution in [-0.4, -0.2) is 34.7 Å². The summed E-state index contributed by atoms with van der Waals surface area (Å²) in [6.45, 7) is 1.82. The third kappa shape index (κ3) is 5.11. The Morgan fingerprint density at radius 1 is 1.03 bits per heavy atom. The molecule has 1 saturated carbocycles. The third-order valence-corrected chi connectivity index (χ3v) is 6.51. The molecule has 10 heteroatoms. The van der Waals surface area contributed by atoms with E-state index in [-0.39, 0.29) is 28.1 Å². The third-order valence-electron chi connectivity index (χ3n) is 6.26. The molecule has 32 heavy (non-hydrogen) atoms. The van der Waals surface area contributed by atoms with Crippen LogP contribution in [-0.2, 0) is 11.6 Å². The summed E-state index contributed by atoms with van der Waals surface area (Å²) >= 11 is 5.35. The van der Waals surface area contributed by atoms with E-state index in [1.807, 2.05) is 4.90 Å². The van der Waals surface area contributed by atoms with Crippen LogP contribution in [0.25, 0.3) is 0 Å². The van der Waals surface area contributed by atoms with Gasteiger partial charge in [-0.05, 0) is 55.6 Å². The number of aromatic nitrogens is 2. The molecule has 1 saturated heterocycles. The van der Waals surface area contributed by atoms with Crippen LogP contribution in [0.1, 0.15) is 49.8 Å². The van der Waals surface area contributed by atoms with Crippen molar-refractivity contribution in [2.45, 2.75) is 50.1 Å². The van der Waals surface area contributed by atoms with Crippen molar-refractivity contribution in [3.05, 3.63) is 47.4 Å². The Morgan fingerprint density at radius 2 is 1.69 bits per heavy atom. The van der Waals surface area contributed by atoms with Crippen molar-refractivity contribution in [3.8, 4) is 0 Å². The molecule has 0 spiro atoms. The second kappa shape index (κ2) is 9.17. The molecule has 5 nitrogen and oxygen atoms in total. The molecular weight excluding hydrogens is 442 g/mol. The minimum absolute atomic E-state index is 0.157. The van der Waals surface area contributed by atoms with E-state index >= 15 is 0 Å². The molecule has 0 atom stereocenters. The molecule has 4 rings (SSSR count). The number of rotatable bonds is 5. The first-order chi connectivity index (χ1) is 15.2. The molecule has 2 heterocycles. The Kier molecular flexibility index (Phi) is 6.50. The van der Waals surface area contributed by atoms with Crippen LogP contribution in [0.3, 0.4) is 0 Å². The summed E-state index contributed by atoms with van der Waals surface area (Å²) in [6.07, 6.45) is 1.20. The number of anilines is 2. The SMILES string of the molecule is Fc1ccc(C2(CNC(=S)Nc3nc(N4CCCC4)cc(C(F)(F)F)n3)CCCC2)cc1. The number of benzene rings is 1. The van der Waals surface area contributed by atoms with Crippen LogP contribution >= 0.6 is 12.2 Å². The predicted molar refractivity (Wildman–Crippen MR) is 119 cm³/mol. The van der Waals surface area contributed by atoms with Gasteiger partial charge in [0.15, 0.2) is 10.8 Å². The van der Waals surface area contributed by atoms with Crippen molar-refractivity contribution in [2.75, 3.05) is 29.9 Å². The Hall–Kier alpha value is -2.49. The van der Waals surface area contributed by atoms with E-state index in [1.165, 1.54) is 12.1 Å². The van der Waals surface area contributed by atoms with Crippen LogP contribution in [0.15, 0.2) is 30.3 Å². The van der Waals surface area contributed by atoms with Crippen molar-refractivity contribution >= 4 is 29.1 Å². The predicted octanol–water partition coefficient (Wildman–Crippen LogP) is 5.03. The maximum absolute atomic E-state index is 13.4. The lowest BCUT2D eigenvalue weighted by Crippen LogP contribution is -2.41. The monoisotopic (exact) mass is 467 g/mol. The Morgan fingerprint density at radius 3 is 2.31 bits per heavy atom. The standard InChI is InChI=1S/C22H25F4N5S/c23-16-7-5-15(6-8-16)21(9-1-2-10-21)14-27-20(32)30-19-28-17(22(24,25)26)13-18(29-19)31-11-3-4-12-31/h5-8,13H,1-4,9-12,14H2,(H2,27,28,29,30,32).